The molecule has 0 fully saturated rings. The molecule has 0 spiro atoms. The molecule has 2 aromatic heterocycles. The van der Waals surface area contributed by atoms with E-state index in [4.69, 9.17) is 0 Å². The molecule has 0 aliphatic heterocycles. The van der Waals surface area contributed by atoms with Crippen LogP contribution in [0, 0.1) is 5.92 Å². The highest BCUT2D eigenvalue weighted by atomic mass is 32.2. The van der Waals surface area contributed by atoms with Crippen molar-refractivity contribution in [2.75, 3.05) is 11.6 Å². The summed E-state index contributed by atoms with van der Waals surface area (Å²) < 4.78 is 0. The zero-order chi connectivity index (χ0) is 11.5. The van der Waals surface area contributed by atoms with Crippen LogP contribution in [-0.2, 0) is 0 Å². The van der Waals surface area contributed by atoms with Crippen LogP contribution in [0.25, 0.3) is 11.2 Å². The Balaban J connectivity index is 2.29. The highest BCUT2D eigenvalue weighted by Gasteiger charge is 2.14. The van der Waals surface area contributed by atoms with Crippen molar-refractivity contribution < 1.29 is 0 Å². The maximum absolute atomic E-state index is 4.23. The molecule has 86 valence electrons. The number of rotatable bonds is 4. The summed E-state index contributed by atoms with van der Waals surface area (Å²) in [7, 11) is 0. The molecule has 1 atom stereocenters. The van der Waals surface area contributed by atoms with Crippen molar-refractivity contribution in [1.82, 2.24) is 19.9 Å². The van der Waals surface area contributed by atoms with Crippen molar-refractivity contribution in [2.24, 2.45) is 5.92 Å². The van der Waals surface area contributed by atoms with Gasteiger partial charge < -0.3 is 10.3 Å². The summed E-state index contributed by atoms with van der Waals surface area (Å²) >= 11 is 1.77. The lowest BCUT2D eigenvalue weighted by Crippen LogP contribution is -2.22. The van der Waals surface area contributed by atoms with Gasteiger partial charge in [0.05, 0.1) is 11.7 Å². The minimum Gasteiger partial charge on any atom is -0.356 e. The molecule has 2 N–H and O–H groups in total. The van der Waals surface area contributed by atoms with Gasteiger partial charge in [-0.1, -0.05) is 13.8 Å². The van der Waals surface area contributed by atoms with Crippen LogP contribution in [0.4, 0.5) is 5.82 Å². The van der Waals surface area contributed by atoms with Gasteiger partial charge in [0, 0.05) is 0 Å². The molecule has 6 heteroatoms. The molecule has 0 radical (unpaired) electrons. The summed E-state index contributed by atoms with van der Waals surface area (Å²) in [6.07, 6.45) is 5.26. The first-order valence-corrected chi connectivity index (χ1v) is 6.44. The number of thioether (sulfide) groups is 1. The highest BCUT2D eigenvalue weighted by Crippen LogP contribution is 2.22. The minimum atomic E-state index is 0.329. The van der Waals surface area contributed by atoms with Gasteiger partial charge in [0.2, 0.25) is 0 Å². The average Bonchev–Trinajstić information content (AvgIpc) is 2.73. The van der Waals surface area contributed by atoms with Crippen LogP contribution in [-0.4, -0.2) is 31.6 Å². The van der Waals surface area contributed by atoms with Crippen molar-refractivity contribution in [1.29, 1.82) is 0 Å². The number of aromatic amines is 1. The van der Waals surface area contributed by atoms with Crippen LogP contribution in [0.3, 0.4) is 0 Å². The third-order valence-electron chi connectivity index (χ3n) is 2.36. The third-order valence-corrected chi connectivity index (χ3v) is 3.53. The maximum atomic E-state index is 4.23. The van der Waals surface area contributed by atoms with E-state index in [1.807, 2.05) is 0 Å². The van der Waals surface area contributed by atoms with Gasteiger partial charge in [0.25, 0.3) is 0 Å². The molecule has 2 aromatic rings. The number of imidazole rings is 1. The van der Waals surface area contributed by atoms with E-state index >= 15 is 0 Å². The van der Waals surface area contributed by atoms with Crippen LogP contribution in [0.1, 0.15) is 13.8 Å². The quantitative estimate of drug-likeness (QED) is 0.797. The second-order valence-electron chi connectivity index (χ2n) is 3.87. The molecule has 5 nitrogen and oxygen atoms in total. The summed E-state index contributed by atoms with van der Waals surface area (Å²) in [5.41, 5.74) is 1.56. The van der Waals surface area contributed by atoms with Gasteiger partial charge in [-0.15, -0.1) is 11.8 Å². The van der Waals surface area contributed by atoms with Crippen LogP contribution in [0.15, 0.2) is 12.7 Å². The number of nitrogens with one attached hydrogen (secondary N) is 2. The van der Waals surface area contributed by atoms with Crippen LogP contribution < -0.4 is 5.32 Å². The lowest BCUT2D eigenvalue weighted by molar-refractivity contribution is 0.651. The molecule has 0 aliphatic carbocycles. The first kappa shape index (κ1) is 11.2. The number of hydrogen-bond acceptors (Lipinski definition) is 5. The zero-order valence-corrected chi connectivity index (χ0v) is 10.4. The molecule has 0 saturated carbocycles. The van der Waals surface area contributed by atoms with Crippen molar-refractivity contribution in [2.45, 2.75) is 19.2 Å². The topological polar surface area (TPSA) is 66.5 Å². The van der Waals surface area contributed by atoms with Crippen LogP contribution >= 0.6 is 11.8 Å². The molecule has 2 heterocycles. The van der Waals surface area contributed by atoms with E-state index < -0.39 is 0 Å². The van der Waals surface area contributed by atoms with E-state index in [0.717, 1.165) is 17.0 Å². The number of aromatic nitrogens is 4. The van der Waals surface area contributed by atoms with E-state index in [9.17, 15) is 0 Å². The van der Waals surface area contributed by atoms with Crippen molar-refractivity contribution in [3.63, 3.8) is 0 Å². The summed E-state index contributed by atoms with van der Waals surface area (Å²) in [6, 6.07) is 0. The Kier molecular flexibility index (Phi) is 3.28. The molecule has 0 saturated heterocycles. The lowest BCUT2D eigenvalue weighted by atomic mass is 10.2. The van der Waals surface area contributed by atoms with Crippen LogP contribution in [0.2, 0.25) is 0 Å². The Morgan fingerprint density at radius 2 is 2.12 bits per heavy atom. The average molecular weight is 237 g/mol. The van der Waals surface area contributed by atoms with Gasteiger partial charge in [0.1, 0.15) is 11.8 Å². The second-order valence-corrected chi connectivity index (χ2v) is 4.85. The van der Waals surface area contributed by atoms with Crippen LogP contribution in [0.5, 0.6) is 0 Å². The zero-order valence-electron chi connectivity index (χ0n) is 9.56. The fourth-order valence-electron chi connectivity index (χ4n) is 1.50. The summed E-state index contributed by atoms with van der Waals surface area (Å²) in [4.78, 5) is 15.5. The first-order chi connectivity index (χ1) is 7.72. The fourth-order valence-corrected chi connectivity index (χ4v) is 2.28. The molecule has 2 rings (SSSR count). The van der Waals surface area contributed by atoms with E-state index in [1.54, 1.807) is 24.4 Å². The van der Waals surface area contributed by atoms with Gasteiger partial charge >= 0.3 is 0 Å². The highest BCUT2D eigenvalue weighted by molar-refractivity contribution is 7.99. The lowest BCUT2D eigenvalue weighted by Gasteiger charge is -2.20. The fraction of sp³-hybridized carbons (Fsp3) is 0.500. The summed E-state index contributed by atoms with van der Waals surface area (Å²) in [5.74, 6) is 1.32. The molecule has 0 bridgehead atoms. The van der Waals surface area contributed by atoms with Crippen molar-refractivity contribution >= 4 is 28.7 Å². The van der Waals surface area contributed by atoms with E-state index in [1.165, 1.54) is 0 Å². The molecular formula is C10H15N5S. The van der Waals surface area contributed by atoms with E-state index in [2.05, 4.69) is 45.4 Å². The van der Waals surface area contributed by atoms with E-state index in [-0.39, 0.29) is 0 Å². The predicted molar refractivity (Wildman–Crippen MR) is 67.4 cm³/mol. The van der Waals surface area contributed by atoms with Crippen molar-refractivity contribution in [3.05, 3.63) is 12.7 Å². The molecule has 16 heavy (non-hydrogen) atoms. The van der Waals surface area contributed by atoms with Gasteiger partial charge in [-0.2, -0.15) is 0 Å². The molecule has 0 amide bonds. The smallest absolute Gasteiger partial charge is 0.162 e. The van der Waals surface area contributed by atoms with Crippen molar-refractivity contribution in [3.8, 4) is 0 Å². The predicted octanol–water partition coefficient (Wildman–Crippen LogP) is 2.11. The number of anilines is 1. The Bertz CT molecular complexity index is 467. The monoisotopic (exact) mass is 237 g/mol. The Morgan fingerprint density at radius 3 is 2.81 bits per heavy atom. The summed E-state index contributed by atoms with van der Waals surface area (Å²) in [6.45, 7) is 4.36. The minimum absolute atomic E-state index is 0.329. The SMILES string of the molecule is CS[C@H](Nc1ncnc2[nH]cnc12)C(C)C. The standard InChI is InChI=1S/C10H15N5S/c1-6(2)10(16-3)15-9-7-8(12-4-11-7)13-5-14-9/h4-6,10H,1-3H3,(H2,11,12,13,14,15)/t10-/m0/s1. The van der Waals surface area contributed by atoms with Gasteiger partial charge in [-0.05, 0) is 12.2 Å². The number of hydrogen-bond donors (Lipinski definition) is 2. The largest absolute Gasteiger partial charge is 0.356 e. The Hall–Kier alpha value is -1.30. The second kappa shape index (κ2) is 4.69. The Labute approximate surface area is 98.5 Å². The maximum Gasteiger partial charge on any atom is 0.162 e. The number of fused-ring (bicyclic) bond motifs is 1. The van der Waals surface area contributed by atoms with Gasteiger partial charge in [-0.3, -0.25) is 0 Å². The first-order valence-electron chi connectivity index (χ1n) is 5.15. The molecule has 0 unspecified atom stereocenters. The normalized spacial score (nSPS) is 13.2. The molecule has 0 aliphatic rings. The summed E-state index contributed by atoms with van der Waals surface area (Å²) in [5, 5.41) is 3.72. The molecule has 0 aromatic carbocycles. The van der Waals surface area contributed by atoms with Gasteiger partial charge in [0.15, 0.2) is 11.5 Å². The molecular weight excluding hydrogens is 222 g/mol. The van der Waals surface area contributed by atoms with E-state index in [0.29, 0.717) is 11.3 Å². The Morgan fingerprint density at radius 1 is 1.31 bits per heavy atom. The third kappa shape index (κ3) is 2.11. The number of nitrogens with zero attached hydrogens (tertiary/aromatic N) is 3. The number of H-pyrrole nitrogens is 1. The van der Waals surface area contributed by atoms with Gasteiger partial charge in [-0.25, -0.2) is 15.0 Å².